The van der Waals surface area contributed by atoms with E-state index in [0.717, 1.165) is 34.8 Å². The first-order valence-corrected chi connectivity index (χ1v) is 9.60. The number of carbonyl (C=O) groups excluding carboxylic acids is 1. The van der Waals surface area contributed by atoms with Crippen LogP contribution in [0.25, 0.3) is 5.57 Å². The molecule has 0 spiro atoms. The molecule has 0 saturated carbocycles. The second kappa shape index (κ2) is 9.70. The molecule has 2 aromatic rings. The standard InChI is InChI=1S/C22H25ClN2O2/c1-17(18-7-3-2-4-8-18)15-22(26)24-16-21(25-11-13-27-14-12-25)19-9-5-6-10-20(19)23/h2-10,15,21H,11-14,16H2,1H3,(H,24,26)/b17-15+. The summed E-state index contributed by atoms with van der Waals surface area (Å²) in [5, 5.41) is 3.77. The lowest BCUT2D eigenvalue weighted by Crippen LogP contribution is -2.43. The summed E-state index contributed by atoms with van der Waals surface area (Å²) in [7, 11) is 0. The summed E-state index contributed by atoms with van der Waals surface area (Å²) in [5.74, 6) is -0.0957. The predicted molar refractivity (Wildman–Crippen MR) is 110 cm³/mol. The van der Waals surface area contributed by atoms with E-state index in [4.69, 9.17) is 16.3 Å². The van der Waals surface area contributed by atoms with Crippen LogP contribution in [0.3, 0.4) is 0 Å². The number of allylic oxidation sites excluding steroid dienone is 1. The van der Waals surface area contributed by atoms with Crippen LogP contribution in [0.5, 0.6) is 0 Å². The van der Waals surface area contributed by atoms with Crippen molar-refractivity contribution < 1.29 is 9.53 Å². The minimum absolute atomic E-state index is 0.0250. The SMILES string of the molecule is C/C(=C\C(=O)NCC(c1ccccc1Cl)N1CCOCC1)c1ccccc1. The quantitative estimate of drug-likeness (QED) is 0.767. The molecule has 5 heteroatoms. The fraction of sp³-hybridized carbons (Fsp3) is 0.318. The molecule has 1 aliphatic rings. The summed E-state index contributed by atoms with van der Waals surface area (Å²) < 4.78 is 5.47. The summed E-state index contributed by atoms with van der Waals surface area (Å²) >= 11 is 6.44. The van der Waals surface area contributed by atoms with Crippen molar-refractivity contribution in [1.29, 1.82) is 0 Å². The van der Waals surface area contributed by atoms with Crippen molar-refractivity contribution in [3.8, 4) is 0 Å². The summed E-state index contributed by atoms with van der Waals surface area (Å²) in [4.78, 5) is 14.8. The number of halogens is 1. The second-order valence-corrected chi connectivity index (χ2v) is 7.03. The minimum atomic E-state index is -0.0957. The van der Waals surface area contributed by atoms with E-state index in [-0.39, 0.29) is 11.9 Å². The molecular formula is C22H25ClN2O2. The number of hydrogen-bond donors (Lipinski definition) is 1. The Kier molecular flexibility index (Phi) is 7.04. The molecule has 0 aliphatic carbocycles. The Morgan fingerprint density at radius 2 is 1.81 bits per heavy atom. The second-order valence-electron chi connectivity index (χ2n) is 6.62. The number of hydrogen-bond acceptors (Lipinski definition) is 3. The Bertz CT molecular complexity index is 786. The maximum atomic E-state index is 12.5. The van der Waals surface area contributed by atoms with Gasteiger partial charge in [0.1, 0.15) is 0 Å². The van der Waals surface area contributed by atoms with Crippen molar-refractivity contribution in [2.24, 2.45) is 0 Å². The van der Waals surface area contributed by atoms with Gasteiger partial charge in [-0.25, -0.2) is 0 Å². The smallest absolute Gasteiger partial charge is 0.244 e. The molecule has 1 saturated heterocycles. The van der Waals surface area contributed by atoms with Gasteiger partial charge in [0.2, 0.25) is 5.91 Å². The molecule has 1 atom stereocenters. The van der Waals surface area contributed by atoms with Gasteiger partial charge in [0.15, 0.2) is 0 Å². The third kappa shape index (κ3) is 5.42. The zero-order chi connectivity index (χ0) is 19.1. The van der Waals surface area contributed by atoms with Crippen molar-refractivity contribution >= 4 is 23.1 Å². The number of nitrogens with one attached hydrogen (secondary N) is 1. The summed E-state index contributed by atoms with van der Waals surface area (Å²) in [6.07, 6.45) is 1.65. The van der Waals surface area contributed by atoms with Crippen molar-refractivity contribution in [3.63, 3.8) is 0 Å². The lowest BCUT2D eigenvalue weighted by molar-refractivity contribution is -0.116. The van der Waals surface area contributed by atoms with Gasteiger partial charge in [-0.05, 0) is 29.7 Å². The number of nitrogens with zero attached hydrogens (tertiary/aromatic N) is 1. The maximum Gasteiger partial charge on any atom is 0.244 e. The largest absolute Gasteiger partial charge is 0.379 e. The Balaban J connectivity index is 1.71. The number of carbonyl (C=O) groups is 1. The Hall–Kier alpha value is -2.14. The van der Waals surface area contributed by atoms with Gasteiger partial charge in [-0.1, -0.05) is 60.1 Å². The van der Waals surface area contributed by atoms with Crippen molar-refractivity contribution in [3.05, 3.63) is 76.8 Å². The van der Waals surface area contributed by atoms with Crippen LogP contribution in [0.4, 0.5) is 0 Å². The molecule has 142 valence electrons. The van der Waals surface area contributed by atoms with Crippen LogP contribution in [0.2, 0.25) is 5.02 Å². The van der Waals surface area contributed by atoms with Gasteiger partial charge >= 0.3 is 0 Å². The van der Waals surface area contributed by atoms with E-state index >= 15 is 0 Å². The molecular weight excluding hydrogens is 360 g/mol. The highest BCUT2D eigenvalue weighted by Crippen LogP contribution is 2.27. The third-order valence-electron chi connectivity index (χ3n) is 4.80. The van der Waals surface area contributed by atoms with E-state index in [1.807, 2.05) is 61.5 Å². The lowest BCUT2D eigenvalue weighted by Gasteiger charge is -2.35. The summed E-state index contributed by atoms with van der Waals surface area (Å²) in [6.45, 7) is 5.49. The molecule has 3 rings (SSSR count). The van der Waals surface area contributed by atoms with Crippen molar-refractivity contribution in [1.82, 2.24) is 10.2 Å². The van der Waals surface area contributed by atoms with E-state index in [0.29, 0.717) is 19.8 Å². The lowest BCUT2D eigenvalue weighted by atomic mass is 10.0. The first-order chi connectivity index (χ1) is 13.1. The van der Waals surface area contributed by atoms with Crippen molar-refractivity contribution in [2.75, 3.05) is 32.8 Å². The number of amides is 1. The Morgan fingerprint density at radius 3 is 2.52 bits per heavy atom. The minimum Gasteiger partial charge on any atom is -0.379 e. The van der Waals surface area contributed by atoms with Gasteiger partial charge in [-0.3, -0.25) is 9.69 Å². The third-order valence-corrected chi connectivity index (χ3v) is 5.14. The van der Waals surface area contributed by atoms with Crippen LogP contribution in [-0.2, 0) is 9.53 Å². The topological polar surface area (TPSA) is 41.6 Å². The number of morpholine rings is 1. The normalized spacial score (nSPS) is 16.7. The molecule has 0 aromatic heterocycles. The molecule has 2 aromatic carbocycles. The first-order valence-electron chi connectivity index (χ1n) is 9.23. The Morgan fingerprint density at radius 1 is 1.15 bits per heavy atom. The summed E-state index contributed by atoms with van der Waals surface area (Å²) in [5.41, 5.74) is 3.02. The molecule has 1 aliphatic heterocycles. The average molecular weight is 385 g/mol. The number of benzene rings is 2. The molecule has 1 unspecified atom stereocenters. The zero-order valence-corrected chi connectivity index (χ0v) is 16.3. The molecule has 1 heterocycles. The van der Waals surface area contributed by atoms with Gasteiger partial charge in [0, 0.05) is 30.7 Å². The maximum absolute atomic E-state index is 12.5. The van der Waals surface area contributed by atoms with Crippen molar-refractivity contribution in [2.45, 2.75) is 13.0 Å². The van der Waals surface area contributed by atoms with Gasteiger partial charge in [-0.15, -0.1) is 0 Å². The molecule has 1 N–H and O–H groups in total. The Labute approximate surface area is 165 Å². The summed E-state index contributed by atoms with van der Waals surface area (Å²) in [6, 6.07) is 17.8. The van der Waals surface area contributed by atoms with Gasteiger partial charge in [0.05, 0.1) is 19.3 Å². The van der Waals surface area contributed by atoms with E-state index in [1.165, 1.54) is 0 Å². The molecule has 27 heavy (non-hydrogen) atoms. The van der Waals surface area contributed by atoms with E-state index in [2.05, 4.69) is 10.2 Å². The molecule has 0 bridgehead atoms. The average Bonchev–Trinajstić information content (AvgIpc) is 2.71. The van der Waals surface area contributed by atoms with Gasteiger partial charge in [-0.2, -0.15) is 0 Å². The first kappa shape index (κ1) is 19.6. The highest BCUT2D eigenvalue weighted by Gasteiger charge is 2.24. The monoisotopic (exact) mass is 384 g/mol. The van der Waals surface area contributed by atoms with Crippen LogP contribution in [0.1, 0.15) is 24.1 Å². The highest BCUT2D eigenvalue weighted by molar-refractivity contribution is 6.31. The molecule has 1 amide bonds. The van der Waals surface area contributed by atoms with Gasteiger partial charge < -0.3 is 10.1 Å². The van der Waals surface area contributed by atoms with Crippen LogP contribution >= 0.6 is 11.6 Å². The molecule has 1 fully saturated rings. The highest BCUT2D eigenvalue weighted by atomic mass is 35.5. The van der Waals surface area contributed by atoms with E-state index in [9.17, 15) is 4.79 Å². The van der Waals surface area contributed by atoms with Crippen LogP contribution in [0.15, 0.2) is 60.7 Å². The van der Waals surface area contributed by atoms with Crippen LogP contribution in [0, 0.1) is 0 Å². The number of ether oxygens (including phenoxy) is 1. The van der Waals surface area contributed by atoms with E-state index < -0.39 is 0 Å². The zero-order valence-electron chi connectivity index (χ0n) is 15.5. The fourth-order valence-corrected chi connectivity index (χ4v) is 3.56. The molecule has 4 nitrogen and oxygen atoms in total. The predicted octanol–water partition coefficient (Wildman–Crippen LogP) is 3.93. The van der Waals surface area contributed by atoms with E-state index in [1.54, 1.807) is 6.08 Å². The molecule has 0 radical (unpaired) electrons. The fourth-order valence-electron chi connectivity index (χ4n) is 3.30. The number of rotatable bonds is 6. The van der Waals surface area contributed by atoms with Crippen LogP contribution < -0.4 is 5.32 Å². The van der Waals surface area contributed by atoms with Crippen LogP contribution in [-0.4, -0.2) is 43.7 Å². The van der Waals surface area contributed by atoms with Gasteiger partial charge in [0.25, 0.3) is 0 Å².